The first-order chi connectivity index (χ1) is 7.84. The number of sulfonamides is 1. The summed E-state index contributed by atoms with van der Waals surface area (Å²) >= 11 is 0. The highest BCUT2D eigenvalue weighted by atomic mass is 32.2. The zero-order chi connectivity index (χ0) is 13.1. The van der Waals surface area contributed by atoms with Crippen LogP contribution in [-0.4, -0.2) is 57.6 Å². The molecule has 0 spiro atoms. The molecule has 0 aliphatic carbocycles. The molecule has 1 amide bonds. The lowest BCUT2D eigenvalue weighted by atomic mass is 10.0. The van der Waals surface area contributed by atoms with Crippen LogP contribution in [-0.2, 0) is 14.8 Å². The molecule has 1 heterocycles. The molecule has 0 aromatic carbocycles. The van der Waals surface area contributed by atoms with Gasteiger partial charge in [-0.3, -0.25) is 4.79 Å². The van der Waals surface area contributed by atoms with E-state index < -0.39 is 10.0 Å². The molecular formula is C10H21N3O3S. The van der Waals surface area contributed by atoms with Crippen molar-refractivity contribution in [2.75, 3.05) is 32.9 Å². The van der Waals surface area contributed by atoms with E-state index in [9.17, 15) is 13.2 Å². The molecule has 2 atom stereocenters. The van der Waals surface area contributed by atoms with Crippen LogP contribution in [0.1, 0.15) is 13.3 Å². The third kappa shape index (κ3) is 3.93. The quantitative estimate of drug-likeness (QED) is 0.666. The van der Waals surface area contributed by atoms with Crippen molar-refractivity contribution in [3.8, 4) is 0 Å². The first kappa shape index (κ1) is 14.4. The van der Waals surface area contributed by atoms with Gasteiger partial charge in [-0.25, -0.2) is 12.7 Å². The summed E-state index contributed by atoms with van der Waals surface area (Å²) in [6.45, 7) is 3.01. The van der Waals surface area contributed by atoms with Crippen LogP contribution >= 0.6 is 0 Å². The lowest BCUT2D eigenvalue weighted by Gasteiger charge is -2.16. The van der Waals surface area contributed by atoms with E-state index in [0.29, 0.717) is 5.92 Å². The smallest absolute Gasteiger partial charge is 0.237 e. The fourth-order valence-corrected chi connectivity index (χ4v) is 2.51. The summed E-state index contributed by atoms with van der Waals surface area (Å²) in [4.78, 5) is 11.7. The van der Waals surface area contributed by atoms with Gasteiger partial charge in [0, 0.05) is 20.6 Å². The predicted octanol–water partition coefficient (Wildman–Crippen LogP) is -1.01. The van der Waals surface area contributed by atoms with E-state index in [1.54, 1.807) is 0 Å². The molecule has 0 bridgehead atoms. The van der Waals surface area contributed by atoms with Crippen LogP contribution in [0.4, 0.5) is 0 Å². The third-order valence-corrected chi connectivity index (χ3v) is 4.86. The molecule has 1 saturated heterocycles. The van der Waals surface area contributed by atoms with Crippen LogP contribution in [0.5, 0.6) is 0 Å². The molecule has 2 N–H and O–H groups in total. The van der Waals surface area contributed by atoms with E-state index in [-0.39, 0.29) is 24.2 Å². The Bertz CT molecular complexity index is 367. The third-order valence-electron chi connectivity index (χ3n) is 3.03. The van der Waals surface area contributed by atoms with Crippen molar-refractivity contribution in [3.05, 3.63) is 0 Å². The van der Waals surface area contributed by atoms with Crippen molar-refractivity contribution in [1.82, 2.24) is 14.9 Å². The summed E-state index contributed by atoms with van der Waals surface area (Å²) in [5.41, 5.74) is 0. The van der Waals surface area contributed by atoms with Crippen molar-refractivity contribution in [1.29, 1.82) is 0 Å². The molecule has 0 aromatic heterocycles. The second-order valence-electron chi connectivity index (χ2n) is 4.59. The Morgan fingerprint density at radius 3 is 2.59 bits per heavy atom. The van der Waals surface area contributed by atoms with E-state index in [4.69, 9.17) is 0 Å². The van der Waals surface area contributed by atoms with E-state index in [0.717, 1.165) is 17.3 Å². The highest BCUT2D eigenvalue weighted by Gasteiger charge is 2.29. The number of hydrogen-bond acceptors (Lipinski definition) is 4. The van der Waals surface area contributed by atoms with Crippen LogP contribution in [0.3, 0.4) is 0 Å². The van der Waals surface area contributed by atoms with Crippen molar-refractivity contribution in [3.63, 3.8) is 0 Å². The topological polar surface area (TPSA) is 78.5 Å². The number of carbonyl (C=O) groups excluding carboxylic acids is 1. The van der Waals surface area contributed by atoms with Gasteiger partial charge in [-0.15, -0.1) is 0 Å². The Kier molecular flexibility index (Phi) is 4.91. The lowest BCUT2D eigenvalue weighted by molar-refractivity contribution is -0.123. The van der Waals surface area contributed by atoms with E-state index in [1.165, 1.54) is 14.1 Å². The highest BCUT2D eigenvalue weighted by Crippen LogP contribution is 2.13. The maximum absolute atomic E-state index is 11.7. The Balaban J connectivity index is 2.34. The molecule has 1 aliphatic heterocycles. The summed E-state index contributed by atoms with van der Waals surface area (Å²) < 4.78 is 24.1. The Morgan fingerprint density at radius 2 is 2.12 bits per heavy atom. The van der Waals surface area contributed by atoms with Gasteiger partial charge in [0.2, 0.25) is 15.9 Å². The molecular weight excluding hydrogens is 242 g/mol. The maximum Gasteiger partial charge on any atom is 0.237 e. The van der Waals surface area contributed by atoms with Crippen LogP contribution in [0, 0.1) is 5.92 Å². The zero-order valence-electron chi connectivity index (χ0n) is 10.6. The van der Waals surface area contributed by atoms with Crippen LogP contribution in [0.25, 0.3) is 0 Å². The van der Waals surface area contributed by atoms with Gasteiger partial charge >= 0.3 is 0 Å². The van der Waals surface area contributed by atoms with Crippen molar-refractivity contribution in [2.45, 2.75) is 19.4 Å². The zero-order valence-corrected chi connectivity index (χ0v) is 11.4. The number of nitrogens with zero attached hydrogens (tertiary/aromatic N) is 1. The predicted molar refractivity (Wildman–Crippen MR) is 66.1 cm³/mol. The molecule has 0 radical (unpaired) electrons. The fraction of sp³-hybridized carbons (Fsp3) is 0.900. The minimum Gasteiger partial charge on any atom is -0.354 e. The summed E-state index contributed by atoms with van der Waals surface area (Å²) in [5, 5.41) is 5.76. The molecule has 0 saturated carbocycles. The monoisotopic (exact) mass is 263 g/mol. The second kappa shape index (κ2) is 5.79. The lowest BCUT2D eigenvalue weighted by Crippen LogP contribution is -2.45. The fourth-order valence-electron chi connectivity index (χ4n) is 1.78. The van der Waals surface area contributed by atoms with Crippen LogP contribution in [0.2, 0.25) is 0 Å². The van der Waals surface area contributed by atoms with Crippen molar-refractivity contribution >= 4 is 15.9 Å². The van der Waals surface area contributed by atoms with Crippen molar-refractivity contribution in [2.24, 2.45) is 5.92 Å². The molecule has 100 valence electrons. The second-order valence-corrected chi connectivity index (χ2v) is 6.89. The standard InChI is InChI=1S/C10H21N3O3S/c1-8-4-5-11-9(8)10(14)12-6-7-17(15,16)13(2)3/h8-9,11H,4-7H2,1-3H3,(H,12,14). The summed E-state index contributed by atoms with van der Waals surface area (Å²) in [7, 11) is -0.265. The minimum absolute atomic E-state index is 0.0627. The first-order valence-electron chi connectivity index (χ1n) is 5.76. The SMILES string of the molecule is CC1CCNC1C(=O)NCCS(=O)(=O)N(C)C. The molecule has 17 heavy (non-hydrogen) atoms. The average Bonchev–Trinajstić information content (AvgIpc) is 2.63. The van der Waals surface area contributed by atoms with Crippen LogP contribution in [0.15, 0.2) is 0 Å². The van der Waals surface area contributed by atoms with E-state index in [1.807, 2.05) is 6.92 Å². The summed E-state index contributed by atoms with van der Waals surface area (Å²) in [6, 6.07) is -0.183. The van der Waals surface area contributed by atoms with Gasteiger partial charge in [0.25, 0.3) is 0 Å². The largest absolute Gasteiger partial charge is 0.354 e. The number of nitrogens with one attached hydrogen (secondary N) is 2. The van der Waals surface area contributed by atoms with E-state index in [2.05, 4.69) is 10.6 Å². The molecule has 0 aromatic rings. The number of carbonyl (C=O) groups is 1. The number of hydrogen-bond donors (Lipinski definition) is 2. The average molecular weight is 263 g/mol. The van der Waals surface area contributed by atoms with Gasteiger partial charge < -0.3 is 10.6 Å². The first-order valence-corrected chi connectivity index (χ1v) is 7.37. The van der Waals surface area contributed by atoms with Gasteiger partial charge in [0.15, 0.2) is 0 Å². The molecule has 7 heteroatoms. The summed E-state index contributed by atoms with van der Waals surface area (Å²) in [6.07, 6.45) is 0.980. The normalized spacial score (nSPS) is 25.2. The van der Waals surface area contributed by atoms with Gasteiger partial charge in [0.05, 0.1) is 11.8 Å². The minimum atomic E-state index is -3.23. The Morgan fingerprint density at radius 1 is 1.47 bits per heavy atom. The summed E-state index contributed by atoms with van der Waals surface area (Å²) in [5.74, 6) is 0.136. The molecule has 2 unspecified atom stereocenters. The van der Waals surface area contributed by atoms with Crippen LogP contribution < -0.4 is 10.6 Å². The van der Waals surface area contributed by atoms with Gasteiger partial charge in [-0.1, -0.05) is 6.92 Å². The highest BCUT2D eigenvalue weighted by molar-refractivity contribution is 7.89. The molecule has 6 nitrogen and oxygen atoms in total. The van der Waals surface area contributed by atoms with Crippen molar-refractivity contribution < 1.29 is 13.2 Å². The van der Waals surface area contributed by atoms with Gasteiger partial charge in [0.1, 0.15) is 0 Å². The van der Waals surface area contributed by atoms with Gasteiger partial charge in [-0.05, 0) is 18.9 Å². The molecule has 1 fully saturated rings. The number of rotatable bonds is 5. The molecule has 1 aliphatic rings. The molecule has 1 rings (SSSR count). The Labute approximate surface area is 103 Å². The number of amides is 1. The van der Waals surface area contributed by atoms with Gasteiger partial charge in [-0.2, -0.15) is 0 Å². The maximum atomic E-state index is 11.7. The van der Waals surface area contributed by atoms with E-state index >= 15 is 0 Å². The Hall–Kier alpha value is -0.660.